The molecule has 0 aromatic carbocycles. The topological polar surface area (TPSA) is 46.4 Å². The van der Waals surface area contributed by atoms with E-state index in [0.29, 0.717) is 19.8 Å². The summed E-state index contributed by atoms with van der Waals surface area (Å²) in [7, 11) is 0. The fraction of sp³-hybridized carbons (Fsp3) is 1.00. The number of hydrogen-bond donors (Lipinski definition) is 0. The van der Waals surface area contributed by atoms with Crippen LogP contribution in [0.2, 0.25) is 0 Å². The Morgan fingerprint density at radius 2 is 1.56 bits per heavy atom. The predicted octanol–water partition coefficient (Wildman–Crippen LogP) is 2.55. The first-order chi connectivity index (χ1) is 7.59. The van der Waals surface area contributed by atoms with Crippen molar-refractivity contribution in [1.82, 2.24) is 0 Å². The van der Waals surface area contributed by atoms with Crippen LogP contribution in [0.5, 0.6) is 0 Å². The van der Waals surface area contributed by atoms with Gasteiger partial charge in [-0.25, -0.2) is 0 Å². The van der Waals surface area contributed by atoms with Crippen LogP contribution in [0.15, 0.2) is 0 Å². The van der Waals surface area contributed by atoms with E-state index in [2.05, 4.69) is 26.1 Å². The summed E-state index contributed by atoms with van der Waals surface area (Å²) in [6, 6.07) is 0.0655. The number of hydrogen-bond acceptors (Lipinski definition) is 2. The number of ether oxygens (including phenoxy) is 1. The van der Waals surface area contributed by atoms with E-state index < -0.39 is 6.10 Å². The smallest absolute Gasteiger partial charge is 0.852 e. The molecule has 18 heavy (non-hydrogen) atoms. The quantitative estimate of drug-likeness (QED) is 0.555. The van der Waals surface area contributed by atoms with Gasteiger partial charge in [0, 0.05) is 6.61 Å². The van der Waals surface area contributed by atoms with Crippen LogP contribution in [0.4, 0.5) is 0 Å². The van der Waals surface area contributed by atoms with Crippen molar-refractivity contribution < 1.29 is 9.84 Å². The second-order valence-electron chi connectivity index (χ2n) is 6.78. The molecule has 0 spiro atoms. The van der Waals surface area contributed by atoms with Crippen molar-refractivity contribution >= 4 is 45.5 Å². The molecule has 0 aliphatic heterocycles. The molecule has 0 heterocycles. The van der Waals surface area contributed by atoms with Gasteiger partial charge >= 0.3 is 45.5 Å². The molecule has 0 aliphatic rings. The van der Waals surface area contributed by atoms with E-state index in [1.54, 1.807) is 0 Å². The zero-order chi connectivity index (χ0) is 13.7. The molecule has 0 saturated heterocycles. The Morgan fingerprint density at radius 3 is 1.89 bits per heavy atom. The SMILES string of the molecule is CCOC[N-]C(CC([O-])C(C)(C)C)C(C)(C)C.[Sr+2]. The molecule has 0 radical (unpaired) electrons. The summed E-state index contributed by atoms with van der Waals surface area (Å²) in [4.78, 5) is 0. The van der Waals surface area contributed by atoms with E-state index in [0.717, 1.165) is 0 Å². The Bertz CT molecular complexity index is 209. The van der Waals surface area contributed by atoms with E-state index in [1.165, 1.54) is 0 Å². The van der Waals surface area contributed by atoms with Gasteiger partial charge < -0.3 is 15.2 Å². The third-order valence-corrected chi connectivity index (χ3v) is 2.99. The molecule has 0 saturated carbocycles. The van der Waals surface area contributed by atoms with E-state index in [9.17, 15) is 5.11 Å². The monoisotopic (exact) mass is 331 g/mol. The van der Waals surface area contributed by atoms with E-state index in [4.69, 9.17) is 4.74 Å². The van der Waals surface area contributed by atoms with Gasteiger partial charge in [-0.15, -0.1) is 12.1 Å². The Kier molecular flexibility index (Phi) is 11.2. The minimum absolute atomic E-state index is 0. The van der Waals surface area contributed by atoms with Crippen molar-refractivity contribution in [2.75, 3.05) is 13.3 Å². The predicted molar refractivity (Wildman–Crippen MR) is 76.7 cm³/mol. The van der Waals surface area contributed by atoms with Crippen molar-refractivity contribution in [2.45, 2.75) is 67.0 Å². The third-order valence-electron chi connectivity index (χ3n) is 2.99. The summed E-state index contributed by atoms with van der Waals surface area (Å²) in [5.74, 6) is 0. The molecule has 4 heteroatoms. The van der Waals surface area contributed by atoms with Gasteiger partial charge in [0.25, 0.3) is 0 Å². The molecule has 0 aromatic rings. The average molecular weight is 331 g/mol. The van der Waals surface area contributed by atoms with Crippen LogP contribution in [-0.2, 0) is 4.74 Å². The number of nitrogens with zero attached hydrogens (tertiary/aromatic N) is 1. The van der Waals surface area contributed by atoms with Gasteiger partial charge in [0.2, 0.25) is 0 Å². The molecule has 0 bridgehead atoms. The first-order valence-electron chi connectivity index (χ1n) is 6.49. The molecular formula is C14H29NO2Sr. The van der Waals surface area contributed by atoms with Crippen molar-refractivity contribution in [3.05, 3.63) is 5.32 Å². The maximum Gasteiger partial charge on any atom is 2.00 e. The minimum Gasteiger partial charge on any atom is -0.852 e. The van der Waals surface area contributed by atoms with E-state index in [1.807, 2.05) is 27.7 Å². The van der Waals surface area contributed by atoms with Gasteiger partial charge in [-0.05, 0) is 13.7 Å². The van der Waals surface area contributed by atoms with Crippen LogP contribution in [0.1, 0.15) is 54.9 Å². The largest absolute Gasteiger partial charge is 2.00 e. The van der Waals surface area contributed by atoms with Crippen molar-refractivity contribution in [2.24, 2.45) is 10.8 Å². The summed E-state index contributed by atoms with van der Waals surface area (Å²) < 4.78 is 5.26. The fourth-order valence-electron chi connectivity index (χ4n) is 1.49. The van der Waals surface area contributed by atoms with Crippen LogP contribution < -0.4 is 5.11 Å². The van der Waals surface area contributed by atoms with Crippen LogP contribution in [0.3, 0.4) is 0 Å². The molecular weight excluding hydrogens is 302 g/mol. The van der Waals surface area contributed by atoms with Gasteiger partial charge in [-0.1, -0.05) is 58.8 Å². The van der Waals surface area contributed by atoms with E-state index in [-0.39, 0.29) is 62.4 Å². The van der Waals surface area contributed by atoms with E-state index >= 15 is 0 Å². The second-order valence-corrected chi connectivity index (χ2v) is 6.78. The molecule has 0 rings (SSSR count). The van der Waals surface area contributed by atoms with Crippen LogP contribution in [0.25, 0.3) is 5.32 Å². The van der Waals surface area contributed by atoms with Gasteiger partial charge in [0.05, 0.1) is 0 Å². The number of rotatable bonds is 6. The normalized spacial score (nSPS) is 16.0. The molecule has 104 valence electrons. The fourth-order valence-corrected chi connectivity index (χ4v) is 1.49. The Morgan fingerprint density at radius 1 is 1.06 bits per heavy atom. The van der Waals surface area contributed by atoms with Crippen molar-refractivity contribution in [3.63, 3.8) is 0 Å². The van der Waals surface area contributed by atoms with Gasteiger partial charge in [0.1, 0.15) is 0 Å². The average Bonchev–Trinajstić information content (AvgIpc) is 2.13. The summed E-state index contributed by atoms with van der Waals surface area (Å²) in [5.41, 5.74) is -0.185. The summed E-state index contributed by atoms with van der Waals surface area (Å²) in [6.45, 7) is 15.4. The Hall–Kier alpha value is 1.36. The summed E-state index contributed by atoms with van der Waals surface area (Å²) in [6.07, 6.45) is -0.00261. The standard InChI is InChI=1S/C14H29NO2.Sr/c1-8-17-10-15-11(13(2,3)4)9-12(16)14(5,6)7;/h11-12H,8-10H2,1-7H3;/q-2;+2. The molecule has 0 amide bonds. The van der Waals surface area contributed by atoms with Crippen LogP contribution in [0, 0.1) is 10.8 Å². The zero-order valence-electron chi connectivity index (χ0n) is 13.2. The summed E-state index contributed by atoms with van der Waals surface area (Å²) >= 11 is 0. The molecule has 2 atom stereocenters. The minimum atomic E-state index is -0.586. The van der Waals surface area contributed by atoms with Crippen molar-refractivity contribution in [1.29, 1.82) is 0 Å². The first-order valence-corrected chi connectivity index (χ1v) is 6.49. The van der Waals surface area contributed by atoms with Gasteiger partial charge in [-0.3, -0.25) is 0 Å². The maximum absolute atomic E-state index is 12.1. The molecule has 0 fully saturated rings. The van der Waals surface area contributed by atoms with Gasteiger partial charge in [0.15, 0.2) is 0 Å². The van der Waals surface area contributed by atoms with Crippen LogP contribution >= 0.6 is 0 Å². The summed E-state index contributed by atoms with van der Waals surface area (Å²) in [5, 5.41) is 16.7. The molecule has 0 aromatic heterocycles. The maximum atomic E-state index is 12.1. The Balaban J connectivity index is 0. The second kappa shape index (κ2) is 9.32. The zero-order valence-corrected chi connectivity index (χ0v) is 16.7. The molecule has 3 nitrogen and oxygen atoms in total. The Labute approximate surface area is 150 Å². The molecule has 2 unspecified atom stereocenters. The van der Waals surface area contributed by atoms with Crippen molar-refractivity contribution in [3.8, 4) is 0 Å². The molecule has 0 aliphatic carbocycles. The van der Waals surface area contributed by atoms with Gasteiger partial charge in [-0.2, -0.15) is 0 Å². The van der Waals surface area contributed by atoms with Crippen LogP contribution in [-0.4, -0.2) is 71.0 Å². The third kappa shape index (κ3) is 9.29. The molecule has 0 N–H and O–H groups in total. The first kappa shape index (κ1) is 21.7.